The molecule has 3 rings (SSSR count). The van der Waals surface area contributed by atoms with E-state index >= 15 is 0 Å². The number of ether oxygens (including phenoxy) is 2. The predicted molar refractivity (Wildman–Crippen MR) is 104 cm³/mol. The molecule has 4 N–H and O–H groups in total. The van der Waals surface area contributed by atoms with Gasteiger partial charge in [-0.1, -0.05) is 29.8 Å². The Kier molecular flexibility index (Phi) is 6.75. The van der Waals surface area contributed by atoms with E-state index in [-0.39, 0.29) is 6.03 Å². The molecule has 1 aliphatic heterocycles. The molecule has 2 aromatic rings. The van der Waals surface area contributed by atoms with Gasteiger partial charge in [0.25, 0.3) is 0 Å². The van der Waals surface area contributed by atoms with Gasteiger partial charge in [0.05, 0.1) is 0 Å². The number of benzene rings is 2. The van der Waals surface area contributed by atoms with Crippen molar-refractivity contribution in [3.05, 3.63) is 53.6 Å². The first-order valence-corrected chi connectivity index (χ1v) is 9.07. The molecule has 7 nitrogen and oxygen atoms in total. The molecule has 1 heterocycles. The van der Waals surface area contributed by atoms with Gasteiger partial charge in [-0.2, -0.15) is 0 Å². The van der Waals surface area contributed by atoms with E-state index in [0.717, 1.165) is 0 Å². The first-order valence-electron chi connectivity index (χ1n) is 8.69. The van der Waals surface area contributed by atoms with Gasteiger partial charge in [-0.3, -0.25) is 0 Å². The largest absolute Gasteiger partial charge is 0.486 e. The summed E-state index contributed by atoms with van der Waals surface area (Å²) in [6, 6.07) is 14.0. The van der Waals surface area contributed by atoms with Gasteiger partial charge in [0.1, 0.15) is 12.7 Å². The van der Waals surface area contributed by atoms with Crippen LogP contribution in [0.15, 0.2) is 48.5 Å². The normalized spacial score (nSPS) is 16.4. The molecular formula is C19H22ClN3O4. The van der Waals surface area contributed by atoms with E-state index in [1.807, 2.05) is 24.3 Å². The van der Waals surface area contributed by atoms with Gasteiger partial charge in [-0.25, -0.2) is 4.79 Å². The van der Waals surface area contributed by atoms with Crippen LogP contribution in [0.3, 0.4) is 0 Å². The van der Waals surface area contributed by atoms with Crippen LogP contribution in [-0.4, -0.2) is 49.6 Å². The molecule has 1 aliphatic rings. The highest BCUT2D eigenvalue weighted by Gasteiger charge is 2.27. The number of nitrogens with one attached hydrogen (secondary N) is 3. The van der Waals surface area contributed by atoms with E-state index in [4.69, 9.17) is 21.1 Å². The third-order valence-electron chi connectivity index (χ3n) is 3.98. The second-order valence-electron chi connectivity index (χ2n) is 6.08. The summed E-state index contributed by atoms with van der Waals surface area (Å²) in [6.07, 6.45) is -1.16. The molecule has 2 atom stereocenters. The molecule has 0 radical (unpaired) electrons. The molecule has 0 bridgehead atoms. The first-order chi connectivity index (χ1) is 13.1. The fraction of sp³-hybridized carbons (Fsp3) is 0.316. The van der Waals surface area contributed by atoms with Crippen LogP contribution in [0.1, 0.15) is 0 Å². The van der Waals surface area contributed by atoms with E-state index in [0.29, 0.717) is 48.5 Å². The zero-order chi connectivity index (χ0) is 19.1. The van der Waals surface area contributed by atoms with Crippen LogP contribution in [0.4, 0.5) is 10.5 Å². The Hall–Kier alpha value is -2.48. The Morgan fingerprint density at radius 1 is 1.19 bits per heavy atom. The van der Waals surface area contributed by atoms with Crippen molar-refractivity contribution in [2.24, 2.45) is 0 Å². The molecule has 0 saturated carbocycles. The fourth-order valence-corrected chi connectivity index (χ4v) is 2.80. The number of carbonyl (C=O) groups is 1. The molecule has 2 unspecified atom stereocenters. The maximum absolute atomic E-state index is 11.8. The zero-order valence-corrected chi connectivity index (χ0v) is 15.4. The third kappa shape index (κ3) is 5.75. The summed E-state index contributed by atoms with van der Waals surface area (Å²) in [5.41, 5.74) is 0.623. The number of fused-ring (bicyclic) bond motifs is 1. The number of carbonyl (C=O) groups excluding carboxylic acids is 1. The predicted octanol–water partition coefficient (Wildman–Crippen LogP) is 2.25. The van der Waals surface area contributed by atoms with Crippen molar-refractivity contribution >= 4 is 23.3 Å². The Balaban J connectivity index is 1.31. The number of urea groups is 1. The Labute approximate surface area is 162 Å². The lowest BCUT2D eigenvalue weighted by molar-refractivity contribution is -0.00890. The number of aliphatic hydroxyl groups is 1. The number of hydrogen-bond donors (Lipinski definition) is 4. The summed E-state index contributed by atoms with van der Waals surface area (Å²) in [5, 5.41) is 19.3. The van der Waals surface area contributed by atoms with Crippen LogP contribution in [0.2, 0.25) is 5.02 Å². The maximum Gasteiger partial charge on any atom is 0.319 e. The zero-order valence-electron chi connectivity index (χ0n) is 14.7. The van der Waals surface area contributed by atoms with Gasteiger partial charge >= 0.3 is 6.03 Å². The average Bonchev–Trinajstić information content (AvgIpc) is 2.67. The van der Waals surface area contributed by atoms with Crippen LogP contribution in [0.5, 0.6) is 11.5 Å². The Morgan fingerprint density at radius 3 is 2.81 bits per heavy atom. The molecule has 0 saturated heterocycles. The first kappa shape index (κ1) is 19.3. The molecule has 8 heteroatoms. The summed E-state index contributed by atoms with van der Waals surface area (Å²) < 4.78 is 11.4. The van der Waals surface area contributed by atoms with Gasteiger partial charge in [0, 0.05) is 30.3 Å². The van der Waals surface area contributed by atoms with Crippen LogP contribution >= 0.6 is 11.6 Å². The topological polar surface area (TPSA) is 91.9 Å². The Bertz CT molecular complexity index is 774. The molecular weight excluding hydrogens is 370 g/mol. The molecule has 27 heavy (non-hydrogen) atoms. The van der Waals surface area contributed by atoms with Crippen molar-refractivity contribution in [1.82, 2.24) is 10.6 Å². The van der Waals surface area contributed by atoms with E-state index in [1.54, 1.807) is 24.3 Å². The Morgan fingerprint density at radius 2 is 2.00 bits per heavy atom. The van der Waals surface area contributed by atoms with E-state index in [9.17, 15) is 9.90 Å². The van der Waals surface area contributed by atoms with Crippen molar-refractivity contribution in [1.29, 1.82) is 0 Å². The van der Waals surface area contributed by atoms with Crippen LogP contribution in [0, 0.1) is 0 Å². The minimum absolute atomic E-state index is 0.292. The summed E-state index contributed by atoms with van der Waals surface area (Å²) in [4.78, 5) is 11.8. The van der Waals surface area contributed by atoms with Crippen molar-refractivity contribution in [2.75, 3.05) is 31.6 Å². The summed E-state index contributed by atoms with van der Waals surface area (Å²) >= 11 is 5.87. The van der Waals surface area contributed by atoms with Crippen LogP contribution < -0.4 is 25.4 Å². The third-order valence-corrected chi connectivity index (χ3v) is 4.22. The van der Waals surface area contributed by atoms with Gasteiger partial charge < -0.3 is 30.5 Å². The van der Waals surface area contributed by atoms with Gasteiger partial charge in [-0.05, 0) is 30.3 Å². The van der Waals surface area contributed by atoms with Crippen molar-refractivity contribution in [3.8, 4) is 11.5 Å². The van der Waals surface area contributed by atoms with E-state index in [2.05, 4.69) is 16.0 Å². The van der Waals surface area contributed by atoms with E-state index < -0.39 is 12.2 Å². The number of para-hydroxylation sites is 2. The molecule has 0 fully saturated rings. The van der Waals surface area contributed by atoms with Crippen molar-refractivity contribution < 1.29 is 19.4 Å². The number of aliphatic hydroxyl groups excluding tert-OH is 1. The number of rotatable bonds is 7. The summed E-state index contributed by atoms with van der Waals surface area (Å²) in [7, 11) is 0. The fourth-order valence-electron chi connectivity index (χ4n) is 2.61. The lowest BCUT2D eigenvalue weighted by Gasteiger charge is -2.29. The lowest BCUT2D eigenvalue weighted by atomic mass is 10.2. The van der Waals surface area contributed by atoms with Crippen molar-refractivity contribution in [2.45, 2.75) is 12.2 Å². The minimum Gasteiger partial charge on any atom is -0.486 e. The quantitative estimate of drug-likeness (QED) is 0.543. The molecule has 144 valence electrons. The van der Waals surface area contributed by atoms with Gasteiger partial charge in [0.2, 0.25) is 0 Å². The highest BCUT2D eigenvalue weighted by atomic mass is 35.5. The van der Waals surface area contributed by atoms with Gasteiger partial charge in [0.15, 0.2) is 17.6 Å². The molecule has 2 aromatic carbocycles. The maximum atomic E-state index is 11.8. The monoisotopic (exact) mass is 391 g/mol. The second kappa shape index (κ2) is 9.45. The standard InChI is InChI=1S/C19H22ClN3O4/c20-13-4-3-5-14(10-13)23-19(25)22-9-8-21-11-15(24)18-12-26-16-6-1-2-7-17(16)27-18/h1-7,10,15,18,21,24H,8-9,11-12H2,(H2,22,23,25). The lowest BCUT2D eigenvalue weighted by Crippen LogP contribution is -2.46. The van der Waals surface area contributed by atoms with Crippen LogP contribution in [-0.2, 0) is 0 Å². The minimum atomic E-state index is -0.723. The van der Waals surface area contributed by atoms with E-state index in [1.165, 1.54) is 0 Å². The number of halogens is 1. The molecule has 0 aliphatic carbocycles. The second-order valence-corrected chi connectivity index (χ2v) is 6.51. The highest BCUT2D eigenvalue weighted by Crippen LogP contribution is 2.31. The highest BCUT2D eigenvalue weighted by molar-refractivity contribution is 6.30. The summed E-state index contributed by atoms with van der Waals surface area (Å²) in [5.74, 6) is 1.32. The summed E-state index contributed by atoms with van der Waals surface area (Å²) in [6.45, 7) is 1.53. The van der Waals surface area contributed by atoms with Gasteiger partial charge in [-0.15, -0.1) is 0 Å². The smallest absolute Gasteiger partial charge is 0.319 e. The van der Waals surface area contributed by atoms with Crippen molar-refractivity contribution in [3.63, 3.8) is 0 Å². The van der Waals surface area contributed by atoms with Crippen LogP contribution in [0.25, 0.3) is 0 Å². The SMILES string of the molecule is O=C(NCCNCC(O)C1COc2ccccc2O1)Nc1cccc(Cl)c1. The number of amides is 2. The number of hydrogen-bond acceptors (Lipinski definition) is 5. The number of anilines is 1. The molecule has 0 spiro atoms. The molecule has 0 aromatic heterocycles. The average molecular weight is 392 g/mol. The molecule has 2 amide bonds.